The number of benzene rings is 2. The van der Waals surface area contributed by atoms with Crippen molar-refractivity contribution in [1.29, 1.82) is 0 Å². The molecule has 0 fully saturated rings. The van der Waals surface area contributed by atoms with Crippen LogP contribution in [0.3, 0.4) is 0 Å². The van der Waals surface area contributed by atoms with Crippen molar-refractivity contribution >= 4 is 28.4 Å². The summed E-state index contributed by atoms with van der Waals surface area (Å²) in [5, 5.41) is 3.29. The molecule has 0 aliphatic rings. The lowest BCUT2D eigenvalue weighted by atomic mass is 10.1. The number of carbonyl (C=O) groups excluding carboxylic acids is 1. The molecule has 0 saturated heterocycles. The second-order valence-electron chi connectivity index (χ2n) is 8.55. The normalized spacial score (nSPS) is 10.7. The molecule has 0 aliphatic heterocycles. The lowest BCUT2D eigenvalue weighted by Gasteiger charge is -2.09. The molecule has 0 unspecified atom stereocenters. The summed E-state index contributed by atoms with van der Waals surface area (Å²) in [7, 11) is 0. The lowest BCUT2D eigenvalue weighted by Crippen LogP contribution is -2.33. The van der Waals surface area contributed by atoms with E-state index >= 15 is 0 Å². The predicted octanol–water partition coefficient (Wildman–Crippen LogP) is 7.65. The number of rotatable bonds is 16. The van der Waals surface area contributed by atoms with Gasteiger partial charge in [0.15, 0.2) is 5.82 Å². The molecule has 0 saturated carbocycles. The number of nitrogens with one attached hydrogen (secondary N) is 3. The fourth-order valence-corrected chi connectivity index (χ4v) is 4.21. The number of carbonyl (C=O) groups is 1. The van der Waals surface area contributed by atoms with Gasteiger partial charge >= 0.3 is 6.03 Å². The molecule has 1 heterocycles. The first-order valence-corrected chi connectivity index (χ1v) is 13.5. The second kappa shape index (κ2) is 15.7. The molecular weight excluding hydrogens is 458 g/mol. The molecule has 35 heavy (non-hydrogen) atoms. The molecule has 8 heteroatoms. The Morgan fingerprint density at radius 1 is 0.857 bits per heavy atom. The Hall–Kier alpha value is -3.13. The van der Waals surface area contributed by atoms with Crippen LogP contribution in [0.25, 0.3) is 11.4 Å². The zero-order valence-corrected chi connectivity index (χ0v) is 21.4. The van der Waals surface area contributed by atoms with Gasteiger partial charge in [-0.2, -0.15) is 9.36 Å². The van der Waals surface area contributed by atoms with Crippen LogP contribution in [0.15, 0.2) is 54.6 Å². The van der Waals surface area contributed by atoms with Crippen LogP contribution in [0.1, 0.15) is 71.1 Å². The summed E-state index contributed by atoms with van der Waals surface area (Å²) in [6.45, 7) is 2.98. The quantitative estimate of drug-likeness (QED) is 0.140. The highest BCUT2D eigenvalue weighted by Gasteiger charge is 2.07. The fraction of sp³-hybridized carbons (Fsp3) is 0.444. The first-order chi connectivity index (χ1) is 17.2. The van der Waals surface area contributed by atoms with Crippen LogP contribution in [0.2, 0.25) is 0 Å². The molecule has 0 radical (unpaired) electrons. The Bertz CT molecular complexity index is 979. The summed E-state index contributed by atoms with van der Waals surface area (Å²) in [5.74, 6) is 1.43. The van der Waals surface area contributed by atoms with Gasteiger partial charge in [-0.1, -0.05) is 95.0 Å². The zero-order valence-electron chi connectivity index (χ0n) is 20.6. The largest absolute Gasteiger partial charge is 0.494 e. The van der Waals surface area contributed by atoms with Gasteiger partial charge < -0.3 is 10.1 Å². The number of nitrogens with zero attached hydrogens (tertiary/aromatic N) is 2. The van der Waals surface area contributed by atoms with Gasteiger partial charge in [0, 0.05) is 22.8 Å². The van der Waals surface area contributed by atoms with E-state index in [1.807, 2.05) is 54.6 Å². The standard InChI is InChI=1S/C27H37N5O2S/c1-2-3-4-5-6-7-8-9-10-14-21-34-24-19-17-23(18-20-24)28-26(33)30-31-27-29-25(32-35-27)22-15-12-11-13-16-22/h11-13,15-20H,2-10,14,21H2,1H3,(H2,28,30,33)(H,29,31,32). The molecule has 0 atom stereocenters. The van der Waals surface area contributed by atoms with Gasteiger partial charge in [-0.05, 0) is 30.7 Å². The van der Waals surface area contributed by atoms with Crippen molar-refractivity contribution in [2.75, 3.05) is 17.3 Å². The molecule has 188 valence electrons. The highest BCUT2D eigenvalue weighted by atomic mass is 32.1. The number of anilines is 2. The number of hydrogen-bond donors (Lipinski definition) is 3. The third kappa shape index (κ3) is 10.3. The van der Waals surface area contributed by atoms with E-state index in [4.69, 9.17) is 4.74 Å². The van der Waals surface area contributed by atoms with E-state index in [-0.39, 0.29) is 6.03 Å². The number of ether oxygens (including phenoxy) is 1. The summed E-state index contributed by atoms with van der Waals surface area (Å²) < 4.78 is 10.1. The molecule has 0 aliphatic carbocycles. The fourth-order valence-electron chi connectivity index (χ4n) is 3.67. The van der Waals surface area contributed by atoms with Crippen LogP contribution < -0.4 is 20.9 Å². The Labute approximate surface area is 212 Å². The smallest absolute Gasteiger partial charge is 0.337 e. The summed E-state index contributed by atoms with van der Waals surface area (Å²) in [4.78, 5) is 16.6. The van der Waals surface area contributed by atoms with Crippen LogP contribution in [-0.2, 0) is 0 Å². The number of unbranched alkanes of at least 4 members (excludes halogenated alkanes) is 9. The zero-order chi connectivity index (χ0) is 24.6. The first kappa shape index (κ1) is 26.5. The molecule has 0 spiro atoms. The molecule has 7 nitrogen and oxygen atoms in total. The van der Waals surface area contributed by atoms with Crippen molar-refractivity contribution in [3.8, 4) is 17.1 Å². The van der Waals surface area contributed by atoms with Gasteiger partial charge in [0.1, 0.15) is 5.75 Å². The van der Waals surface area contributed by atoms with Crippen molar-refractivity contribution < 1.29 is 9.53 Å². The summed E-state index contributed by atoms with van der Waals surface area (Å²) in [6.07, 6.45) is 13.1. The molecule has 2 aromatic carbocycles. The molecule has 2 amide bonds. The van der Waals surface area contributed by atoms with E-state index in [1.165, 1.54) is 69.3 Å². The van der Waals surface area contributed by atoms with E-state index in [1.54, 1.807) is 0 Å². The maximum absolute atomic E-state index is 12.2. The van der Waals surface area contributed by atoms with Gasteiger partial charge in [0.25, 0.3) is 0 Å². The Kier molecular flexibility index (Phi) is 11.9. The lowest BCUT2D eigenvalue weighted by molar-refractivity contribution is 0.254. The van der Waals surface area contributed by atoms with Crippen LogP contribution in [0.5, 0.6) is 5.75 Å². The van der Waals surface area contributed by atoms with E-state index in [9.17, 15) is 4.79 Å². The Morgan fingerprint density at radius 2 is 1.51 bits per heavy atom. The van der Waals surface area contributed by atoms with Crippen molar-refractivity contribution in [3.05, 3.63) is 54.6 Å². The van der Waals surface area contributed by atoms with E-state index < -0.39 is 0 Å². The molecule has 3 N–H and O–H groups in total. The number of hydrogen-bond acceptors (Lipinski definition) is 6. The average Bonchev–Trinajstić information content (AvgIpc) is 3.37. The number of aromatic nitrogens is 2. The van der Waals surface area contributed by atoms with Crippen molar-refractivity contribution in [2.24, 2.45) is 0 Å². The monoisotopic (exact) mass is 495 g/mol. The Morgan fingerprint density at radius 3 is 2.20 bits per heavy atom. The molecule has 3 aromatic rings. The number of hydrazine groups is 1. The maximum atomic E-state index is 12.2. The van der Waals surface area contributed by atoms with Crippen molar-refractivity contribution in [2.45, 2.75) is 71.1 Å². The van der Waals surface area contributed by atoms with Gasteiger partial charge in [-0.15, -0.1) is 0 Å². The highest BCUT2D eigenvalue weighted by molar-refractivity contribution is 7.09. The van der Waals surface area contributed by atoms with Crippen LogP contribution in [0.4, 0.5) is 15.6 Å². The Balaban J connectivity index is 1.25. The van der Waals surface area contributed by atoms with Crippen molar-refractivity contribution in [3.63, 3.8) is 0 Å². The van der Waals surface area contributed by atoms with Crippen LogP contribution in [0, 0.1) is 0 Å². The second-order valence-corrected chi connectivity index (χ2v) is 9.30. The highest BCUT2D eigenvalue weighted by Crippen LogP contribution is 2.20. The molecule has 0 bridgehead atoms. The molecule has 1 aromatic heterocycles. The summed E-state index contributed by atoms with van der Waals surface area (Å²) >= 11 is 1.18. The summed E-state index contributed by atoms with van der Waals surface area (Å²) in [6, 6.07) is 16.7. The maximum Gasteiger partial charge on any atom is 0.337 e. The third-order valence-electron chi connectivity index (χ3n) is 5.62. The molecular formula is C27H37N5O2S. The van der Waals surface area contributed by atoms with Crippen LogP contribution >= 0.6 is 11.5 Å². The minimum Gasteiger partial charge on any atom is -0.494 e. The average molecular weight is 496 g/mol. The summed E-state index contributed by atoms with van der Waals surface area (Å²) in [5.41, 5.74) is 6.97. The first-order valence-electron chi connectivity index (χ1n) is 12.7. The van der Waals surface area contributed by atoms with E-state index in [2.05, 4.69) is 32.4 Å². The third-order valence-corrected chi connectivity index (χ3v) is 6.25. The van der Waals surface area contributed by atoms with Crippen LogP contribution in [-0.4, -0.2) is 22.0 Å². The van der Waals surface area contributed by atoms with Gasteiger partial charge in [0.2, 0.25) is 5.13 Å². The molecule has 3 rings (SSSR count). The number of urea groups is 1. The van der Waals surface area contributed by atoms with E-state index in [0.717, 1.165) is 24.3 Å². The van der Waals surface area contributed by atoms with Gasteiger partial charge in [-0.25, -0.2) is 10.2 Å². The predicted molar refractivity (Wildman–Crippen MR) is 145 cm³/mol. The topological polar surface area (TPSA) is 88.2 Å². The van der Waals surface area contributed by atoms with Crippen molar-refractivity contribution in [1.82, 2.24) is 14.8 Å². The minimum atomic E-state index is -0.388. The van der Waals surface area contributed by atoms with Gasteiger partial charge in [0.05, 0.1) is 6.61 Å². The van der Waals surface area contributed by atoms with E-state index in [0.29, 0.717) is 16.6 Å². The number of amides is 2. The van der Waals surface area contributed by atoms with Gasteiger partial charge in [-0.3, -0.25) is 5.43 Å². The SMILES string of the molecule is CCCCCCCCCCCCOc1ccc(NC(=O)NNc2nc(-c3ccccc3)ns2)cc1. The minimum absolute atomic E-state index is 0.388.